The molecular weight excluding hydrogens is 262 g/mol. The molecule has 5 heteroatoms. The van der Waals surface area contributed by atoms with Crippen LogP contribution in [0.25, 0.3) is 0 Å². The normalized spacial score (nSPS) is 24.3. The fourth-order valence-electron chi connectivity index (χ4n) is 2.54. The Morgan fingerprint density at radius 3 is 2.63 bits per heavy atom. The maximum absolute atomic E-state index is 12.0. The molecule has 1 aromatic rings. The molecule has 0 amide bonds. The van der Waals surface area contributed by atoms with Crippen molar-refractivity contribution in [2.75, 3.05) is 6.54 Å². The number of aliphatic hydroxyl groups excluding tert-OH is 1. The zero-order valence-electron chi connectivity index (χ0n) is 11.0. The van der Waals surface area contributed by atoms with Gasteiger partial charge in [-0.05, 0) is 30.7 Å². The van der Waals surface area contributed by atoms with E-state index in [1.807, 2.05) is 30.3 Å². The van der Waals surface area contributed by atoms with Gasteiger partial charge in [0.25, 0.3) is 0 Å². The molecule has 106 valence electrons. The van der Waals surface area contributed by atoms with E-state index in [0.29, 0.717) is 13.0 Å². The van der Waals surface area contributed by atoms with Crippen molar-refractivity contribution in [3.63, 3.8) is 0 Å². The number of rotatable bonds is 5. The topological polar surface area (TPSA) is 66.4 Å². The Bertz CT molecular complexity index is 487. The first-order valence-electron chi connectivity index (χ1n) is 6.74. The van der Waals surface area contributed by atoms with Gasteiger partial charge in [0.1, 0.15) is 0 Å². The molecule has 1 aromatic carbocycles. The van der Waals surface area contributed by atoms with Gasteiger partial charge < -0.3 is 5.11 Å². The molecule has 2 rings (SSSR count). The van der Waals surface area contributed by atoms with Gasteiger partial charge in [0.05, 0.1) is 11.9 Å². The SMILES string of the molecule is O=S(=O)(Cc1ccccc1)NCC1CCCC(O)C1. The summed E-state index contributed by atoms with van der Waals surface area (Å²) in [6.45, 7) is 0.437. The fourth-order valence-corrected chi connectivity index (χ4v) is 3.76. The Balaban J connectivity index is 1.84. The van der Waals surface area contributed by atoms with Gasteiger partial charge in [-0.2, -0.15) is 0 Å². The third-order valence-electron chi connectivity index (χ3n) is 3.55. The van der Waals surface area contributed by atoms with E-state index in [1.165, 1.54) is 0 Å². The van der Waals surface area contributed by atoms with Crippen molar-refractivity contribution >= 4 is 10.0 Å². The van der Waals surface area contributed by atoms with Crippen molar-refractivity contribution < 1.29 is 13.5 Å². The van der Waals surface area contributed by atoms with Gasteiger partial charge in [0.2, 0.25) is 10.0 Å². The van der Waals surface area contributed by atoms with Crippen LogP contribution in [0.1, 0.15) is 31.2 Å². The molecule has 0 bridgehead atoms. The highest BCUT2D eigenvalue weighted by atomic mass is 32.2. The molecule has 0 aromatic heterocycles. The van der Waals surface area contributed by atoms with Crippen molar-refractivity contribution in [3.8, 4) is 0 Å². The molecule has 2 N–H and O–H groups in total. The van der Waals surface area contributed by atoms with Gasteiger partial charge >= 0.3 is 0 Å². The number of benzene rings is 1. The standard InChI is InChI=1S/C14H21NO3S/c16-14-8-4-7-13(9-14)10-15-19(17,18)11-12-5-2-1-3-6-12/h1-3,5-6,13-16H,4,7-11H2. The summed E-state index contributed by atoms with van der Waals surface area (Å²) < 4.78 is 26.6. The zero-order valence-corrected chi connectivity index (χ0v) is 11.8. The quantitative estimate of drug-likeness (QED) is 0.863. The molecule has 19 heavy (non-hydrogen) atoms. The van der Waals surface area contributed by atoms with Gasteiger partial charge in [-0.3, -0.25) is 0 Å². The van der Waals surface area contributed by atoms with Crippen LogP contribution in [-0.4, -0.2) is 26.2 Å². The largest absolute Gasteiger partial charge is 0.393 e. The molecule has 2 unspecified atom stereocenters. The van der Waals surface area contributed by atoms with Crippen LogP contribution in [0.5, 0.6) is 0 Å². The Labute approximate surface area is 114 Å². The lowest BCUT2D eigenvalue weighted by Gasteiger charge is -2.25. The molecule has 1 aliphatic carbocycles. The summed E-state index contributed by atoms with van der Waals surface area (Å²) in [7, 11) is -3.28. The smallest absolute Gasteiger partial charge is 0.215 e. The molecule has 0 heterocycles. The average molecular weight is 283 g/mol. The van der Waals surface area contributed by atoms with Crippen LogP contribution in [0.4, 0.5) is 0 Å². The van der Waals surface area contributed by atoms with E-state index in [4.69, 9.17) is 0 Å². The highest BCUT2D eigenvalue weighted by molar-refractivity contribution is 7.88. The lowest BCUT2D eigenvalue weighted by atomic mass is 9.87. The predicted octanol–water partition coefficient (Wildman–Crippen LogP) is 1.66. The van der Waals surface area contributed by atoms with E-state index in [9.17, 15) is 13.5 Å². The van der Waals surface area contributed by atoms with E-state index >= 15 is 0 Å². The van der Waals surface area contributed by atoms with E-state index in [1.54, 1.807) is 0 Å². The summed E-state index contributed by atoms with van der Waals surface area (Å²) >= 11 is 0. The summed E-state index contributed by atoms with van der Waals surface area (Å²) in [5, 5.41) is 9.57. The first kappa shape index (κ1) is 14.5. The van der Waals surface area contributed by atoms with Crippen LogP contribution in [0.15, 0.2) is 30.3 Å². The molecule has 0 radical (unpaired) electrons. The number of sulfonamides is 1. The van der Waals surface area contributed by atoms with Crippen LogP contribution < -0.4 is 4.72 Å². The van der Waals surface area contributed by atoms with E-state index in [-0.39, 0.29) is 17.8 Å². The Morgan fingerprint density at radius 1 is 1.21 bits per heavy atom. The summed E-state index contributed by atoms with van der Waals surface area (Å²) in [6, 6.07) is 9.16. The Morgan fingerprint density at radius 2 is 1.95 bits per heavy atom. The highest BCUT2D eigenvalue weighted by Crippen LogP contribution is 2.23. The fraction of sp³-hybridized carbons (Fsp3) is 0.571. The minimum atomic E-state index is -3.28. The maximum Gasteiger partial charge on any atom is 0.215 e. The van der Waals surface area contributed by atoms with Crippen molar-refractivity contribution in [2.24, 2.45) is 5.92 Å². The van der Waals surface area contributed by atoms with Crippen LogP contribution in [0.2, 0.25) is 0 Å². The second-order valence-electron chi connectivity index (χ2n) is 5.28. The third-order valence-corrected chi connectivity index (χ3v) is 4.87. The minimum Gasteiger partial charge on any atom is -0.393 e. The first-order chi connectivity index (χ1) is 9.05. The second-order valence-corrected chi connectivity index (χ2v) is 7.09. The van der Waals surface area contributed by atoms with Crippen LogP contribution in [-0.2, 0) is 15.8 Å². The minimum absolute atomic E-state index is 0.0170. The molecule has 0 spiro atoms. The van der Waals surface area contributed by atoms with E-state index in [2.05, 4.69) is 4.72 Å². The van der Waals surface area contributed by atoms with Gasteiger partial charge in [-0.1, -0.05) is 36.8 Å². The summed E-state index contributed by atoms with van der Waals surface area (Å²) in [5.74, 6) is 0.276. The Hall–Kier alpha value is -0.910. The summed E-state index contributed by atoms with van der Waals surface area (Å²) in [6.07, 6.45) is 3.25. The lowest BCUT2D eigenvalue weighted by Crippen LogP contribution is -2.33. The number of nitrogens with one attached hydrogen (secondary N) is 1. The lowest BCUT2D eigenvalue weighted by molar-refractivity contribution is 0.102. The molecule has 2 atom stereocenters. The van der Waals surface area contributed by atoms with Crippen molar-refractivity contribution in [3.05, 3.63) is 35.9 Å². The second kappa shape index (κ2) is 6.50. The number of aliphatic hydroxyl groups is 1. The Kier molecular flexibility index (Phi) is 4.96. The van der Waals surface area contributed by atoms with Gasteiger partial charge in [0.15, 0.2) is 0 Å². The average Bonchev–Trinajstić information content (AvgIpc) is 2.37. The number of hydrogen-bond donors (Lipinski definition) is 2. The molecule has 1 saturated carbocycles. The van der Waals surface area contributed by atoms with Gasteiger partial charge in [0, 0.05) is 6.54 Å². The molecule has 0 saturated heterocycles. The first-order valence-corrected chi connectivity index (χ1v) is 8.40. The van der Waals surface area contributed by atoms with E-state index < -0.39 is 10.0 Å². The predicted molar refractivity (Wildman–Crippen MR) is 75.0 cm³/mol. The van der Waals surface area contributed by atoms with Crippen molar-refractivity contribution in [1.82, 2.24) is 4.72 Å². The van der Waals surface area contributed by atoms with Crippen LogP contribution in [0, 0.1) is 5.92 Å². The van der Waals surface area contributed by atoms with E-state index in [0.717, 1.165) is 24.8 Å². The van der Waals surface area contributed by atoms with Crippen molar-refractivity contribution in [1.29, 1.82) is 0 Å². The number of hydrogen-bond acceptors (Lipinski definition) is 3. The zero-order chi connectivity index (χ0) is 13.7. The molecular formula is C14H21NO3S. The summed E-state index contributed by atoms with van der Waals surface area (Å²) in [5.41, 5.74) is 0.790. The molecule has 4 nitrogen and oxygen atoms in total. The monoisotopic (exact) mass is 283 g/mol. The molecule has 0 aliphatic heterocycles. The maximum atomic E-state index is 12.0. The molecule has 1 aliphatic rings. The van der Waals surface area contributed by atoms with Crippen LogP contribution in [0.3, 0.4) is 0 Å². The van der Waals surface area contributed by atoms with Gasteiger partial charge in [-0.25, -0.2) is 13.1 Å². The van der Waals surface area contributed by atoms with Gasteiger partial charge in [-0.15, -0.1) is 0 Å². The third kappa shape index (κ3) is 4.93. The molecule has 1 fully saturated rings. The van der Waals surface area contributed by atoms with Crippen molar-refractivity contribution in [2.45, 2.75) is 37.5 Å². The summed E-state index contributed by atoms with van der Waals surface area (Å²) in [4.78, 5) is 0. The highest BCUT2D eigenvalue weighted by Gasteiger charge is 2.21. The van der Waals surface area contributed by atoms with Crippen LogP contribution >= 0.6 is 0 Å².